The van der Waals surface area contributed by atoms with Gasteiger partial charge in [0.2, 0.25) is 34.6 Å². The zero-order valence-corrected chi connectivity index (χ0v) is 7.82. The smallest absolute Gasteiger partial charge is 0.0217 e. The average Bonchev–Trinajstić information content (AvgIpc) is 2.59. The first kappa shape index (κ1) is 6.59. The van der Waals surface area contributed by atoms with Gasteiger partial charge in [0.05, 0.1) is 3.76 Å². The maximum atomic E-state index is 4.08. The number of nitrogens with zero attached hydrogens (tertiary/aromatic N) is 3. The van der Waals surface area contributed by atoms with Crippen molar-refractivity contribution in [1.29, 1.82) is 0 Å². The van der Waals surface area contributed by atoms with Crippen LogP contribution in [0.2, 0.25) is 0 Å². The fourth-order valence-electron chi connectivity index (χ4n) is 0.454. The summed E-state index contributed by atoms with van der Waals surface area (Å²) >= 11 is 5.57. The van der Waals surface area contributed by atoms with Crippen LogP contribution in [-0.2, 0) is 0 Å². The third kappa shape index (κ3) is 1.17. The summed E-state index contributed by atoms with van der Waals surface area (Å²) in [4.78, 5) is 1.11. The maximum absolute atomic E-state index is 4.08. The molecule has 2 rings (SSSR count). The van der Waals surface area contributed by atoms with Gasteiger partial charge in [-0.25, -0.2) is 0 Å². The van der Waals surface area contributed by atoms with E-state index in [0.29, 0.717) is 0 Å². The van der Waals surface area contributed by atoms with Crippen molar-refractivity contribution in [2.24, 2.45) is 0 Å². The van der Waals surface area contributed by atoms with E-state index in [1.165, 1.54) is 46.3 Å². The molecule has 0 unspecified atom stereocenters. The molecule has 0 atom stereocenters. The summed E-state index contributed by atoms with van der Waals surface area (Å²) in [7, 11) is 0. The minimum absolute atomic E-state index is 0.976. The van der Waals surface area contributed by atoms with Gasteiger partial charge < -0.3 is 0 Å². The van der Waals surface area contributed by atoms with Gasteiger partial charge in [-0.1, -0.05) is 0 Å². The van der Waals surface area contributed by atoms with Gasteiger partial charge >= 0.3 is 16.7 Å². The summed E-state index contributed by atoms with van der Waals surface area (Å²) in [5, 5.41) is 2.96. The Bertz CT molecular complexity index is 255. The SMILES string of the molecule is c1[s+]nsc1-c1nsn[s+]1. The Kier molecular flexibility index (Phi) is 1.89. The minimum Gasteiger partial charge on any atom is -0.0217 e. The number of hydrogen-bond acceptors (Lipinski definition) is 5. The van der Waals surface area contributed by atoms with E-state index in [-0.39, 0.29) is 0 Å². The molecule has 0 saturated heterocycles. The molecule has 2 aromatic rings. The van der Waals surface area contributed by atoms with Crippen LogP contribution in [0.25, 0.3) is 9.88 Å². The average molecular weight is 207 g/mol. The van der Waals surface area contributed by atoms with Crippen molar-refractivity contribution in [3.8, 4) is 9.88 Å². The Morgan fingerprint density at radius 1 is 1.40 bits per heavy atom. The first-order chi connectivity index (χ1) is 4.97. The second-order valence-electron chi connectivity index (χ2n) is 1.40. The van der Waals surface area contributed by atoms with Gasteiger partial charge in [0, 0.05) is 0 Å². The number of aromatic nitrogens is 3. The molecule has 0 aromatic carbocycles. The van der Waals surface area contributed by atoms with Crippen LogP contribution < -0.4 is 0 Å². The fourth-order valence-corrected chi connectivity index (χ4v) is 3.21. The van der Waals surface area contributed by atoms with Crippen molar-refractivity contribution in [2.75, 3.05) is 0 Å². The molecule has 0 aliphatic carbocycles. The van der Waals surface area contributed by atoms with Crippen LogP contribution in [0.1, 0.15) is 0 Å². The molecule has 0 aliphatic rings. The maximum Gasteiger partial charge on any atom is 0.331 e. The minimum atomic E-state index is 0.976. The van der Waals surface area contributed by atoms with Gasteiger partial charge in [0.25, 0.3) is 4.88 Å². The van der Waals surface area contributed by atoms with Crippen LogP contribution in [0.15, 0.2) is 5.38 Å². The lowest BCUT2D eigenvalue weighted by Gasteiger charge is -1.60. The first-order valence-electron chi connectivity index (χ1n) is 2.32. The molecule has 0 amide bonds. The Labute approximate surface area is 73.4 Å². The molecular weight excluding hydrogens is 206 g/mol. The topological polar surface area (TPSA) is 38.7 Å². The van der Waals surface area contributed by atoms with Gasteiger partial charge in [0.15, 0.2) is 5.38 Å². The highest BCUT2D eigenvalue weighted by molar-refractivity contribution is 7.26. The van der Waals surface area contributed by atoms with Gasteiger partial charge in [-0.2, -0.15) is 0 Å². The largest absolute Gasteiger partial charge is 0.331 e. The Morgan fingerprint density at radius 2 is 2.40 bits per heavy atom. The van der Waals surface area contributed by atoms with E-state index >= 15 is 0 Å². The van der Waals surface area contributed by atoms with Gasteiger partial charge in [-0.05, 0) is 4.37 Å². The first-order valence-corrected chi connectivity index (χ1v) is 5.43. The summed E-state index contributed by atoms with van der Waals surface area (Å²) in [6.07, 6.45) is 0. The normalized spacial score (nSPS) is 10.0. The van der Waals surface area contributed by atoms with E-state index in [1.807, 2.05) is 5.38 Å². The molecule has 3 nitrogen and oxygen atoms in total. The van der Waals surface area contributed by atoms with E-state index < -0.39 is 0 Å². The Balaban J connectivity index is 2.48. The standard InChI is InChI=1S/C3HN3S4/c1-2(8-5-7-1)3-4-10-6-9-3/h1H/q+2. The van der Waals surface area contributed by atoms with E-state index in [2.05, 4.69) is 11.9 Å². The lowest BCUT2D eigenvalue weighted by molar-refractivity contribution is 1.63. The summed E-state index contributed by atoms with van der Waals surface area (Å²) in [5.41, 5.74) is 0. The van der Waals surface area contributed by atoms with Gasteiger partial charge in [0.1, 0.15) is 3.76 Å². The van der Waals surface area contributed by atoms with Gasteiger partial charge in [-0.15, -0.1) is 0 Å². The highest BCUT2D eigenvalue weighted by Crippen LogP contribution is 2.25. The van der Waals surface area contributed by atoms with Crippen molar-refractivity contribution < 1.29 is 0 Å². The Hall–Kier alpha value is -0.110. The molecule has 0 radical (unpaired) electrons. The molecule has 2 aromatic heterocycles. The van der Waals surface area contributed by atoms with Crippen molar-refractivity contribution in [1.82, 2.24) is 11.9 Å². The molecule has 0 aliphatic heterocycles. The zero-order valence-electron chi connectivity index (χ0n) is 4.55. The lowest BCUT2D eigenvalue weighted by Crippen LogP contribution is -1.61. The highest BCUT2D eigenvalue weighted by atomic mass is 32.2. The predicted molar refractivity (Wildman–Crippen MR) is 45.6 cm³/mol. The predicted octanol–water partition coefficient (Wildman–Crippen LogP) is 2.35. The van der Waals surface area contributed by atoms with Gasteiger partial charge in [-0.3, -0.25) is 0 Å². The van der Waals surface area contributed by atoms with E-state index in [4.69, 9.17) is 0 Å². The summed E-state index contributed by atoms with van der Waals surface area (Å²) in [6, 6.07) is 0. The van der Waals surface area contributed by atoms with Crippen LogP contribution in [0.4, 0.5) is 0 Å². The highest BCUT2D eigenvalue weighted by Gasteiger charge is 2.20. The van der Waals surface area contributed by atoms with Crippen LogP contribution in [0.3, 0.4) is 0 Å². The molecule has 2 heterocycles. The third-order valence-corrected chi connectivity index (χ3v) is 4.03. The molecule has 0 fully saturated rings. The molecular formula is C3HN3S4+2. The zero-order chi connectivity index (χ0) is 6.81. The monoisotopic (exact) mass is 207 g/mol. The summed E-state index contributed by atoms with van der Waals surface area (Å²) in [6.45, 7) is 0. The van der Waals surface area contributed by atoms with Crippen molar-refractivity contribution in [2.45, 2.75) is 0 Å². The molecule has 0 bridgehead atoms. The number of hydrogen-bond donors (Lipinski definition) is 0. The fraction of sp³-hybridized carbons (Fsp3) is 0. The lowest BCUT2D eigenvalue weighted by atomic mass is 10.6. The third-order valence-electron chi connectivity index (χ3n) is 0.830. The van der Waals surface area contributed by atoms with Crippen LogP contribution in [0, 0.1) is 0 Å². The van der Waals surface area contributed by atoms with Crippen molar-refractivity contribution >= 4 is 46.3 Å². The van der Waals surface area contributed by atoms with E-state index in [1.54, 1.807) is 0 Å². The van der Waals surface area contributed by atoms with Crippen LogP contribution in [-0.4, -0.2) is 11.9 Å². The number of rotatable bonds is 1. The summed E-state index contributed by atoms with van der Waals surface area (Å²) in [5.74, 6) is 0. The van der Waals surface area contributed by atoms with E-state index in [9.17, 15) is 0 Å². The summed E-state index contributed by atoms with van der Waals surface area (Å²) < 4.78 is 12.0. The Morgan fingerprint density at radius 3 is 3.00 bits per heavy atom. The molecule has 0 N–H and O–H groups in total. The molecule has 7 heteroatoms. The molecule has 0 spiro atoms. The van der Waals surface area contributed by atoms with Crippen LogP contribution >= 0.6 is 46.3 Å². The molecule has 0 saturated carbocycles. The van der Waals surface area contributed by atoms with Crippen LogP contribution in [0.5, 0.6) is 0 Å². The second-order valence-corrected chi connectivity index (χ2v) is 4.57. The van der Waals surface area contributed by atoms with E-state index in [0.717, 1.165) is 9.88 Å². The molecule has 10 heavy (non-hydrogen) atoms. The quantitative estimate of drug-likeness (QED) is 0.674. The molecule has 50 valence electrons. The van der Waals surface area contributed by atoms with Crippen molar-refractivity contribution in [3.63, 3.8) is 0 Å². The van der Waals surface area contributed by atoms with Crippen molar-refractivity contribution in [3.05, 3.63) is 5.38 Å². The second kappa shape index (κ2) is 2.87.